The maximum absolute atomic E-state index is 11.8. The van der Waals surface area contributed by atoms with Gasteiger partial charge in [-0.25, -0.2) is 14.6 Å². The maximum Gasteiger partial charge on any atom is 0.354 e. The third-order valence-electron chi connectivity index (χ3n) is 2.42. The van der Waals surface area contributed by atoms with Crippen molar-refractivity contribution in [2.24, 2.45) is 0 Å². The number of hydrogen-bond donors (Lipinski definition) is 3. The van der Waals surface area contributed by atoms with Crippen LogP contribution in [0.4, 0.5) is 16.2 Å². The van der Waals surface area contributed by atoms with Gasteiger partial charge in [0, 0.05) is 4.47 Å². The second-order valence-electron chi connectivity index (χ2n) is 3.94. The fourth-order valence-electron chi connectivity index (χ4n) is 1.47. The first kappa shape index (κ1) is 15.3. The Morgan fingerprint density at radius 1 is 1.19 bits per heavy atom. The predicted octanol–water partition coefficient (Wildman–Crippen LogP) is 3.84. The molecule has 8 heteroatoms. The van der Waals surface area contributed by atoms with Crippen molar-refractivity contribution in [3.05, 3.63) is 51.7 Å². The minimum Gasteiger partial charge on any atom is -0.477 e. The zero-order valence-electron chi connectivity index (χ0n) is 10.4. The van der Waals surface area contributed by atoms with E-state index in [1.807, 2.05) is 0 Å². The number of carbonyl (C=O) groups is 2. The van der Waals surface area contributed by atoms with E-state index in [1.165, 1.54) is 18.3 Å². The molecule has 2 amide bonds. The van der Waals surface area contributed by atoms with Gasteiger partial charge in [0.25, 0.3) is 0 Å². The van der Waals surface area contributed by atoms with Gasteiger partial charge < -0.3 is 15.7 Å². The highest BCUT2D eigenvalue weighted by molar-refractivity contribution is 9.10. The zero-order chi connectivity index (χ0) is 15.4. The van der Waals surface area contributed by atoms with Crippen molar-refractivity contribution in [1.29, 1.82) is 0 Å². The Morgan fingerprint density at radius 3 is 2.57 bits per heavy atom. The van der Waals surface area contributed by atoms with Crippen molar-refractivity contribution in [2.45, 2.75) is 0 Å². The minimum atomic E-state index is -1.13. The standard InChI is InChI=1S/C13H9BrClN3O3/c14-7-1-3-9(15)11(5-7)18-13(21)17-8-2-4-10(12(19)20)16-6-8/h1-6H,(H,19,20)(H2,17,18,21). The molecule has 1 heterocycles. The number of carboxylic acids is 1. The molecule has 3 N–H and O–H groups in total. The van der Waals surface area contributed by atoms with Crippen molar-refractivity contribution in [1.82, 2.24) is 4.98 Å². The first-order valence-corrected chi connectivity index (χ1v) is 6.85. The number of benzene rings is 1. The van der Waals surface area contributed by atoms with Crippen LogP contribution in [0, 0.1) is 0 Å². The number of nitrogens with one attached hydrogen (secondary N) is 2. The van der Waals surface area contributed by atoms with Gasteiger partial charge in [0.15, 0.2) is 0 Å². The lowest BCUT2D eigenvalue weighted by Crippen LogP contribution is -2.19. The summed E-state index contributed by atoms with van der Waals surface area (Å²) in [7, 11) is 0. The highest BCUT2D eigenvalue weighted by Crippen LogP contribution is 2.25. The number of halogens is 2. The molecule has 0 bridgehead atoms. The molecule has 2 aromatic rings. The molecule has 0 fully saturated rings. The molecule has 6 nitrogen and oxygen atoms in total. The van der Waals surface area contributed by atoms with Crippen molar-refractivity contribution in [3.8, 4) is 0 Å². The smallest absolute Gasteiger partial charge is 0.354 e. The van der Waals surface area contributed by atoms with Crippen LogP contribution in [-0.2, 0) is 0 Å². The van der Waals surface area contributed by atoms with Gasteiger partial charge in [-0.15, -0.1) is 0 Å². The number of rotatable bonds is 3. The Bertz CT molecular complexity index is 692. The zero-order valence-corrected chi connectivity index (χ0v) is 12.8. The van der Waals surface area contributed by atoms with Gasteiger partial charge in [-0.05, 0) is 30.3 Å². The normalized spacial score (nSPS) is 10.0. The molecule has 0 saturated carbocycles. The van der Waals surface area contributed by atoms with E-state index in [2.05, 4.69) is 31.5 Å². The molecular formula is C13H9BrClN3O3. The minimum absolute atomic E-state index is 0.101. The molecule has 1 aromatic heterocycles. The highest BCUT2D eigenvalue weighted by Gasteiger charge is 2.08. The number of aromatic carboxylic acids is 1. The van der Waals surface area contributed by atoms with Crippen LogP contribution in [0.5, 0.6) is 0 Å². The van der Waals surface area contributed by atoms with Crippen LogP contribution in [-0.4, -0.2) is 22.1 Å². The summed E-state index contributed by atoms with van der Waals surface area (Å²) < 4.78 is 0.773. The fourth-order valence-corrected chi connectivity index (χ4v) is 2.00. The van der Waals surface area contributed by atoms with Gasteiger partial charge in [-0.1, -0.05) is 27.5 Å². The molecule has 0 aliphatic heterocycles. The quantitative estimate of drug-likeness (QED) is 0.765. The van der Waals surface area contributed by atoms with Gasteiger partial charge in [-0.2, -0.15) is 0 Å². The second-order valence-corrected chi connectivity index (χ2v) is 5.26. The lowest BCUT2D eigenvalue weighted by Gasteiger charge is -2.09. The molecule has 21 heavy (non-hydrogen) atoms. The Balaban J connectivity index is 2.04. The summed E-state index contributed by atoms with van der Waals surface area (Å²) in [5, 5.41) is 14.2. The van der Waals surface area contributed by atoms with Gasteiger partial charge >= 0.3 is 12.0 Å². The predicted molar refractivity (Wildman–Crippen MR) is 83.0 cm³/mol. The van der Waals surface area contributed by atoms with E-state index in [4.69, 9.17) is 16.7 Å². The molecule has 0 aliphatic rings. The van der Waals surface area contributed by atoms with E-state index >= 15 is 0 Å². The molecule has 1 aromatic carbocycles. The van der Waals surface area contributed by atoms with E-state index in [-0.39, 0.29) is 5.69 Å². The number of hydrogen-bond acceptors (Lipinski definition) is 3. The van der Waals surface area contributed by atoms with E-state index in [1.54, 1.807) is 18.2 Å². The molecule has 0 radical (unpaired) electrons. The Labute approximate surface area is 133 Å². The summed E-state index contributed by atoms with van der Waals surface area (Å²) in [6.45, 7) is 0. The summed E-state index contributed by atoms with van der Waals surface area (Å²) in [5.74, 6) is -1.13. The van der Waals surface area contributed by atoms with E-state index < -0.39 is 12.0 Å². The maximum atomic E-state index is 11.8. The molecule has 108 valence electrons. The van der Waals surface area contributed by atoms with Crippen molar-refractivity contribution >= 4 is 50.9 Å². The van der Waals surface area contributed by atoms with Crippen LogP contribution in [0.1, 0.15) is 10.5 Å². The SMILES string of the molecule is O=C(Nc1ccc(C(=O)O)nc1)Nc1cc(Br)ccc1Cl. The van der Waals surface area contributed by atoms with Crippen LogP contribution in [0.25, 0.3) is 0 Å². The summed E-state index contributed by atoms with van der Waals surface area (Å²) in [4.78, 5) is 26.2. The van der Waals surface area contributed by atoms with Gasteiger partial charge in [-0.3, -0.25) is 0 Å². The van der Waals surface area contributed by atoms with E-state index in [0.29, 0.717) is 16.4 Å². The Kier molecular flexibility index (Phi) is 4.77. The first-order chi connectivity index (χ1) is 9.95. The van der Waals surface area contributed by atoms with Crippen molar-refractivity contribution < 1.29 is 14.7 Å². The van der Waals surface area contributed by atoms with Gasteiger partial charge in [0.2, 0.25) is 0 Å². The number of pyridine rings is 1. The highest BCUT2D eigenvalue weighted by atomic mass is 79.9. The number of aromatic nitrogens is 1. The van der Waals surface area contributed by atoms with Crippen LogP contribution >= 0.6 is 27.5 Å². The van der Waals surface area contributed by atoms with Crippen molar-refractivity contribution in [3.63, 3.8) is 0 Å². The Hall–Kier alpha value is -2.12. The number of urea groups is 1. The monoisotopic (exact) mass is 369 g/mol. The molecule has 0 spiro atoms. The third kappa shape index (κ3) is 4.17. The summed E-state index contributed by atoms with van der Waals surface area (Å²) >= 11 is 9.24. The second kappa shape index (κ2) is 6.55. The van der Waals surface area contributed by atoms with Crippen LogP contribution in [0.2, 0.25) is 5.02 Å². The van der Waals surface area contributed by atoms with Gasteiger partial charge in [0.1, 0.15) is 5.69 Å². The first-order valence-electron chi connectivity index (χ1n) is 5.68. The number of anilines is 2. The molecule has 0 saturated heterocycles. The molecule has 0 atom stereocenters. The van der Waals surface area contributed by atoms with E-state index in [9.17, 15) is 9.59 Å². The molecule has 0 aliphatic carbocycles. The summed E-state index contributed by atoms with van der Waals surface area (Å²) in [6.07, 6.45) is 1.26. The summed E-state index contributed by atoms with van der Waals surface area (Å²) in [6, 6.07) is 7.28. The van der Waals surface area contributed by atoms with Crippen LogP contribution < -0.4 is 10.6 Å². The number of amides is 2. The number of carboxylic acid groups (broad SMARTS) is 1. The lowest BCUT2D eigenvalue weighted by molar-refractivity contribution is 0.0690. The summed E-state index contributed by atoms with van der Waals surface area (Å²) in [5.41, 5.74) is 0.707. The topological polar surface area (TPSA) is 91.3 Å². The average Bonchev–Trinajstić information content (AvgIpc) is 2.43. The van der Waals surface area contributed by atoms with Crippen molar-refractivity contribution in [2.75, 3.05) is 10.6 Å². The Morgan fingerprint density at radius 2 is 1.95 bits per heavy atom. The third-order valence-corrected chi connectivity index (χ3v) is 3.24. The number of nitrogens with zero attached hydrogens (tertiary/aromatic N) is 1. The van der Waals surface area contributed by atoms with Crippen LogP contribution in [0.3, 0.4) is 0 Å². The largest absolute Gasteiger partial charge is 0.477 e. The molecular weight excluding hydrogens is 362 g/mol. The fraction of sp³-hybridized carbons (Fsp3) is 0. The molecule has 2 rings (SSSR count). The average molecular weight is 371 g/mol. The lowest BCUT2D eigenvalue weighted by atomic mass is 10.3. The van der Waals surface area contributed by atoms with E-state index in [0.717, 1.165) is 4.47 Å². The number of carbonyl (C=O) groups excluding carboxylic acids is 1. The molecule has 0 unspecified atom stereocenters. The van der Waals surface area contributed by atoms with Gasteiger partial charge in [0.05, 0.1) is 22.6 Å². The van der Waals surface area contributed by atoms with Crippen LogP contribution in [0.15, 0.2) is 41.0 Å².